The van der Waals surface area contributed by atoms with Gasteiger partial charge in [-0.05, 0) is 42.5 Å². The fraction of sp³-hybridized carbons (Fsp3) is 0.214. The molecule has 31 heavy (non-hydrogen) atoms. The van der Waals surface area contributed by atoms with E-state index in [0.29, 0.717) is 11.5 Å². The van der Waals surface area contributed by atoms with E-state index in [0.717, 1.165) is 34.1 Å². The van der Waals surface area contributed by atoms with Gasteiger partial charge in [-0.1, -0.05) is 86.6 Å². The molecular weight excluding hydrogens is 380 g/mol. The van der Waals surface area contributed by atoms with Crippen LogP contribution in [-0.4, -0.2) is 10.9 Å². The molecule has 0 saturated carbocycles. The Labute approximate surface area is 184 Å². The van der Waals surface area contributed by atoms with Crippen LogP contribution in [-0.2, 0) is 6.42 Å². The number of fused-ring (bicyclic) bond motifs is 1. The van der Waals surface area contributed by atoms with Crippen LogP contribution in [0.25, 0.3) is 22.2 Å². The Kier molecular flexibility index (Phi) is 6.13. The van der Waals surface area contributed by atoms with Crippen molar-refractivity contribution in [3.63, 3.8) is 0 Å². The number of pyridine rings is 1. The summed E-state index contributed by atoms with van der Waals surface area (Å²) < 4.78 is 0. The molecule has 3 heteroatoms. The molecule has 0 aliphatic rings. The lowest BCUT2D eigenvalue weighted by atomic mass is 9.99. The van der Waals surface area contributed by atoms with Crippen molar-refractivity contribution in [3.8, 4) is 11.3 Å². The number of carbonyl (C=O) groups is 1. The summed E-state index contributed by atoms with van der Waals surface area (Å²) in [7, 11) is 0. The fourth-order valence-corrected chi connectivity index (χ4v) is 3.89. The first-order valence-corrected chi connectivity index (χ1v) is 10.9. The molecular formula is C28H28N2O. The van der Waals surface area contributed by atoms with Crippen LogP contribution in [0.2, 0.25) is 0 Å². The Morgan fingerprint density at radius 2 is 1.55 bits per heavy atom. The standard InChI is InChI=1S/C28H28N2O/c1-19(2)17-21-13-15-23(16-14-21)27-18-25(24-11-7-8-12-26(24)30-27)28(31)29-20(3)22-9-5-4-6-10-22/h4-16,18-20H,17H2,1-3H3,(H,29,31). The summed E-state index contributed by atoms with van der Waals surface area (Å²) in [5, 5.41) is 4.01. The first-order valence-electron chi connectivity index (χ1n) is 10.9. The maximum Gasteiger partial charge on any atom is 0.252 e. The zero-order chi connectivity index (χ0) is 21.8. The van der Waals surface area contributed by atoms with Crippen LogP contribution in [0.1, 0.15) is 48.3 Å². The van der Waals surface area contributed by atoms with Crippen LogP contribution in [0.5, 0.6) is 0 Å². The first kappa shape index (κ1) is 20.8. The van der Waals surface area contributed by atoms with Gasteiger partial charge >= 0.3 is 0 Å². The van der Waals surface area contributed by atoms with Crippen LogP contribution in [0, 0.1) is 5.92 Å². The number of rotatable bonds is 6. The third kappa shape index (κ3) is 4.83. The predicted molar refractivity (Wildman–Crippen MR) is 128 cm³/mol. The van der Waals surface area contributed by atoms with Gasteiger partial charge in [0.1, 0.15) is 0 Å². The van der Waals surface area contributed by atoms with Gasteiger partial charge in [0.2, 0.25) is 0 Å². The summed E-state index contributed by atoms with van der Waals surface area (Å²) in [4.78, 5) is 18.1. The van der Waals surface area contributed by atoms with Crippen molar-refractivity contribution < 1.29 is 4.79 Å². The molecule has 4 aromatic rings. The minimum atomic E-state index is -0.0902. The number of carbonyl (C=O) groups excluding carboxylic acids is 1. The van der Waals surface area contributed by atoms with Gasteiger partial charge < -0.3 is 5.32 Å². The summed E-state index contributed by atoms with van der Waals surface area (Å²) in [5.41, 5.74) is 5.69. The maximum atomic E-state index is 13.3. The predicted octanol–water partition coefficient (Wildman–Crippen LogP) is 6.59. The number of benzene rings is 3. The van der Waals surface area contributed by atoms with Gasteiger partial charge in [-0.25, -0.2) is 4.98 Å². The Morgan fingerprint density at radius 1 is 0.871 bits per heavy atom. The number of nitrogens with one attached hydrogen (secondary N) is 1. The number of hydrogen-bond donors (Lipinski definition) is 1. The van der Waals surface area contributed by atoms with Gasteiger partial charge in [0.05, 0.1) is 22.8 Å². The quantitative estimate of drug-likeness (QED) is 0.391. The van der Waals surface area contributed by atoms with E-state index in [9.17, 15) is 4.79 Å². The van der Waals surface area contributed by atoms with E-state index in [4.69, 9.17) is 4.98 Å². The van der Waals surface area contributed by atoms with Crippen molar-refractivity contribution in [3.05, 3.63) is 102 Å². The average molecular weight is 409 g/mol. The number of para-hydroxylation sites is 1. The molecule has 0 fully saturated rings. The summed E-state index contributed by atoms with van der Waals surface area (Å²) in [6.07, 6.45) is 1.05. The van der Waals surface area contributed by atoms with Crippen molar-refractivity contribution in [2.45, 2.75) is 33.2 Å². The molecule has 0 saturated heterocycles. The topological polar surface area (TPSA) is 42.0 Å². The van der Waals surface area contributed by atoms with Gasteiger partial charge in [0.15, 0.2) is 0 Å². The summed E-state index contributed by atoms with van der Waals surface area (Å²) >= 11 is 0. The largest absolute Gasteiger partial charge is 0.345 e. The van der Waals surface area contributed by atoms with Crippen molar-refractivity contribution >= 4 is 16.8 Å². The zero-order valence-corrected chi connectivity index (χ0v) is 18.3. The molecule has 4 rings (SSSR count). The molecule has 1 heterocycles. The molecule has 0 spiro atoms. The Balaban J connectivity index is 1.69. The maximum absolute atomic E-state index is 13.3. The zero-order valence-electron chi connectivity index (χ0n) is 18.3. The summed E-state index contributed by atoms with van der Waals surface area (Å²) in [6, 6.07) is 28.2. The Bertz CT molecular complexity index is 1180. The molecule has 1 unspecified atom stereocenters. The average Bonchev–Trinajstić information content (AvgIpc) is 2.79. The first-order chi connectivity index (χ1) is 15.0. The van der Waals surface area contributed by atoms with E-state index in [1.807, 2.05) is 67.6 Å². The highest BCUT2D eigenvalue weighted by Crippen LogP contribution is 2.26. The minimum Gasteiger partial charge on any atom is -0.345 e. The molecule has 156 valence electrons. The molecule has 1 N–H and O–H groups in total. The van der Waals surface area contributed by atoms with Crippen LogP contribution in [0.4, 0.5) is 0 Å². The molecule has 0 bridgehead atoms. The van der Waals surface area contributed by atoms with Crippen molar-refractivity contribution in [1.29, 1.82) is 0 Å². The van der Waals surface area contributed by atoms with E-state index in [1.165, 1.54) is 5.56 Å². The van der Waals surface area contributed by atoms with E-state index in [1.54, 1.807) is 0 Å². The molecule has 1 amide bonds. The highest BCUT2D eigenvalue weighted by Gasteiger charge is 2.16. The molecule has 3 nitrogen and oxygen atoms in total. The van der Waals surface area contributed by atoms with Crippen LogP contribution in [0.3, 0.4) is 0 Å². The Morgan fingerprint density at radius 3 is 2.26 bits per heavy atom. The minimum absolute atomic E-state index is 0.0839. The second-order valence-electron chi connectivity index (χ2n) is 8.47. The highest BCUT2D eigenvalue weighted by molar-refractivity contribution is 6.07. The van der Waals surface area contributed by atoms with Gasteiger partial charge in [-0.2, -0.15) is 0 Å². The SMILES string of the molecule is CC(C)Cc1ccc(-c2cc(C(=O)NC(C)c3ccccc3)c3ccccc3n2)cc1. The van der Waals surface area contributed by atoms with Gasteiger partial charge in [0.25, 0.3) is 5.91 Å². The van der Waals surface area contributed by atoms with Gasteiger partial charge in [0, 0.05) is 10.9 Å². The monoisotopic (exact) mass is 408 g/mol. The van der Waals surface area contributed by atoms with E-state index in [-0.39, 0.29) is 11.9 Å². The smallest absolute Gasteiger partial charge is 0.252 e. The lowest BCUT2D eigenvalue weighted by molar-refractivity contribution is 0.0941. The van der Waals surface area contributed by atoms with Crippen molar-refractivity contribution in [2.24, 2.45) is 5.92 Å². The van der Waals surface area contributed by atoms with Crippen molar-refractivity contribution in [2.75, 3.05) is 0 Å². The van der Waals surface area contributed by atoms with Crippen LogP contribution < -0.4 is 5.32 Å². The number of hydrogen-bond acceptors (Lipinski definition) is 2. The Hall–Kier alpha value is -3.46. The number of nitrogens with zero attached hydrogens (tertiary/aromatic N) is 1. The molecule has 0 aliphatic carbocycles. The molecule has 0 radical (unpaired) electrons. The third-order valence-corrected chi connectivity index (χ3v) is 5.50. The molecule has 1 atom stereocenters. The fourth-order valence-electron chi connectivity index (χ4n) is 3.89. The van der Waals surface area contributed by atoms with Crippen molar-refractivity contribution in [1.82, 2.24) is 10.3 Å². The number of aromatic nitrogens is 1. The van der Waals surface area contributed by atoms with Gasteiger partial charge in [-0.3, -0.25) is 4.79 Å². The van der Waals surface area contributed by atoms with E-state index < -0.39 is 0 Å². The lowest BCUT2D eigenvalue weighted by Crippen LogP contribution is -2.27. The van der Waals surface area contributed by atoms with E-state index in [2.05, 4.69) is 43.4 Å². The normalized spacial score (nSPS) is 12.1. The molecule has 0 aliphatic heterocycles. The third-order valence-electron chi connectivity index (χ3n) is 5.50. The highest BCUT2D eigenvalue weighted by atomic mass is 16.1. The number of amides is 1. The molecule has 1 aromatic heterocycles. The van der Waals surface area contributed by atoms with Crippen LogP contribution >= 0.6 is 0 Å². The second kappa shape index (κ2) is 9.13. The summed E-state index contributed by atoms with van der Waals surface area (Å²) in [6.45, 7) is 6.45. The second-order valence-corrected chi connectivity index (χ2v) is 8.47. The van der Waals surface area contributed by atoms with E-state index >= 15 is 0 Å². The van der Waals surface area contributed by atoms with Crippen LogP contribution in [0.15, 0.2) is 84.9 Å². The molecule has 3 aromatic carbocycles. The van der Waals surface area contributed by atoms with Gasteiger partial charge in [-0.15, -0.1) is 0 Å². The summed E-state index contributed by atoms with van der Waals surface area (Å²) in [5.74, 6) is 0.527. The lowest BCUT2D eigenvalue weighted by Gasteiger charge is -2.16.